The smallest absolute Gasteiger partial charge is 0.224 e. The van der Waals surface area contributed by atoms with Crippen LogP contribution < -0.4 is 10.6 Å². The highest BCUT2D eigenvalue weighted by Crippen LogP contribution is 2.12. The number of anilines is 1. The summed E-state index contributed by atoms with van der Waals surface area (Å²) in [7, 11) is 0. The standard InChI is InChI=1S/C14H20N2O/c17-14(16-13-7-2-1-3-8-13)10-9-12-6-4-5-11-15-12/h1-3,7-8,12,15H,4-6,9-11H2,(H,16,17). The van der Waals surface area contributed by atoms with Crippen molar-refractivity contribution in [1.29, 1.82) is 0 Å². The summed E-state index contributed by atoms with van der Waals surface area (Å²) < 4.78 is 0. The number of hydrogen-bond donors (Lipinski definition) is 2. The fraction of sp³-hybridized carbons (Fsp3) is 0.500. The van der Waals surface area contributed by atoms with Gasteiger partial charge in [-0.15, -0.1) is 0 Å². The van der Waals surface area contributed by atoms with Crippen molar-refractivity contribution in [2.45, 2.75) is 38.1 Å². The first-order valence-electron chi connectivity index (χ1n) is 6.43. The molecule has 1 aliphatic rings. The Morgan fingerprint density at radius 3 is 2.82 bits per heavy atom. The lowest BCUT2D eigenvalue weighted by Gasteiger charge is -2.23. The zero-order valence-corrected chi connectivity index (χ0v) is 10.1. The summed E-state index contributed by atoms with van der Waals surface area (Å²) in [5, 5.41) is 6.37. The molecule has 1 aromatic rings. The number of nitrogens with one attached hydrogen (secondary N) is 2. The predicted molar refractivity (Wildman–Crippen MR) is 69.9 cm³/mol. The highest BCUT2D eigenvalue weighted by atomic mass is 16.1. The first-order chi connectivity index (χ1) is 8.34. The summed E-state index contributed by atoms with van der Waals surface area (Å²) >= 11 is 0. The topological polar surface area (TPSA) is 41.1 Å². The van der Waals surface area contributed by atoms with Crippen molar-refractivity contribution in [3.8, 4) is 0 Å². The van der Waals surface area contributed by atoms with Crippen molar-refractivity contribution in [2.24, 2.45) is 0 Å². The number of carbonyl (C=O) groups is 1. The largest absolute Gasteiger partial charge is 0.326 e. The Bertz CT molecular complexity index is 344. The molecule has 0 bridgehead atoms. The fourth-order valence-corrected chi connectivity index (χ4v) is 2.22. The van der Waals surface area contributed by atoms with Crippen LogP contribution in [0.1, 0.15) is 32.1 Å². The van der Waals surface area contributed by atoms with Gasteiger partial charge >= 0.3 is 0 Å². The summed E-state index contributed by atoms with van der Waals surface area (Å²) in [4.78, 5) is 11.7. The number of para-hydroxylation sites is 1. The summed E-state index contributed by atoms with van der Waals surface area (Å²) in [6.45, 7) is 1.10. The maximum absolute atomic E-state index is 11.7. The number of carbonyl (C=O) groups excluding carboxylic acids is 1. The Morgan fingerprint density at radius 2 is 2.12 bits per heavy atom. The molecule has 1 aliphatic heterocycles. The van der Waals surface area contributed by atoms with E-state index in [1.807, 2.05) is 30.3 Å². The molecule has 1 amide bonds. The van der Waals surface area contributed by atoms with Crippen molar-refractivity contribution in [2.75, 3.05) is 11.9 Å². The van der Waals surface area contributed by atoms with Gasteiger partial charge in [-0.05, 0) is 37.9 Å². The van der Waals surface area contributed by atoms with Crippen LogP contribution in [0, 0.1) is 0 Å². The fourth-order valence-electron chi connectivity index (χ4n) is 2.22. The van der Waals surface area contributed by atoms with Gasteiger partial charge in [-0.1, -0.05) is 24.6 Å². The van der Waals surface area contributed by atoms with Gasteiger partial charge in [0.25, 0.3) is 0 Å². The third-order valence-electron chi connectivity index (χ3n) is 3.19. The van der Waals surface area contributed by atoms with Crippen molar-refractivity contribution < 1.29 is 4.79 Å². The summed E-state index contributed by atoms with van der Waals surface area (Å²) in [5.41, 5.74) is 0.883. The lowest BCUT2D eigenvalue weighted by Crippen LogP contribution is -2.34. The molecule has 1 aromatic carbocycles. The minimum Gasteiger partial charge on any atom is -0.326 e. The SMILES string of the molecule is O=C(CCC1CCCCN1)Nc1ccccc1. The maximum atomic E-state index is 11.7. The summed E-state index contributed by atoms with van der Waals surface area (Å²) in [6, 6.07) is 10.2. The molecular formula is C14H20N2O. The minimum atomic E-state index is 0.114. The van der Waals surface area contributed by atoms with Crippen molar-refractivity contribution in [1.82, 2.24) is 5.32 Å². The monoisotopic (exact) mass is 232 g/mol. The second kappa shape index (κ2) is 6.40. The lowest BCUT2D eigenvalue weighted by molar-refractivity contribution is -0.116. The molecule has 1 atom stereocenters. The summed E-state index contributed by atoms with van der Waals surface area (Å²) in [5.74, 6) is 0.114. The van der Waals surface area contributed by atoms with Gasteiger partial charge in [-0.2, -0.15) is 0 Å². The zero-order valence-electron chi connectivity index (χ0n) is 10.1. The van der Waals surface area contributed by atoms with Gasteiger partial charge in [0.2, 0.25) is 5.91 Å². The van der Waals surface area contributed by atoms with Crippen molar-refractivity contribution >= 4 is 11.6 Å². The van der Waals surface area contributed by atoms with Gasteiger partial charge in [-0.3, -0.25) is 4.79 Å². The highest BCUT2D eigenvalue weighted by molar-refractivity contribution is 5.90. The van der Waals surface area contributed by atoms with Crippen LogP contribution in [0.4, 0.5) is 5.69 Å². The van der Waals surface area contributed by atoms with E-state index in [0.717, 1.165) is 18.7 Å². The van der Waals surface area contributed by atoms with Crippen LogP contribution in [0.25, 0.3) is 0 Å². The van der Waals surface area contributed by atoms with Crippen molar-refractivity contribution in [3.63, 3.8) is 0 Å². The first-order valence-corrected chi connectivity index (χ1v) is 6.43. The number of rotatable bonds is 4. The Hall–Kier alpha value is -1.35. The molecule has 2 N–H and O–H groups in total. The van der Waals surface area contributed by atoms with Gasteiger partial charge < -0.3 is 10.6 Å². The van der Waals surface area contributed by atoms with Gasteiger partial charge in [-0.25, -0.2) is 0 Å². The Balaban J connectivity index is 1.70. The second-order valence-electron chi connectivity index (χ2n) is 4.60. The molecule has 0 aromatic heterocycles. The van der Waals surface area contributed by atoms with Crippen LogP contribution in [0.15, 0.2) is 30.3 Å². The van der Waals surface area contributed by atoms with E-state index in [0.29, 0.717) is 12.5 Å². The molecule has 0 radical (unpaired) electrons. The van der Waals surface area contributed by atoms with E-state index in [9.17, 15) is 4.79 Å². The van der Waals surface area contributed by atoms with E-state index in [1.54, 1.807) is 0 Å². The minimum absolute atomic E-state index is 0.114. The van der Waals surface area contributed by atoms with E-state index in [-0.39, 0.29) is 5.91 Å². The van der Waals surface area contributed by atoms with Gasteiger partial charge in [0, 0.05) is 18.2 Å². The highest BCUT2D eigenvalue weighted by Gasteiger charge is 2.13. The van der Waals surface area contributed by atoms with Crippen LogP contribution >= 0.6 is 0 Å². The molecule has 17 heavy (non-hydrogen) atoms. The molecule has 2 rings (SSSR count). The number of piperidine rings is 1. The van der Waals surface area contributed by atoms with E-state index < -0.39 is 0 Å². The first kappa shape index (κ1) is 12.1. The van der Waals surface area contributed by atoms with Crippen LogP contribution in [0.3, 0.4) is 0 Å². The van der Waals surface area contributed by atoms with E-state index in [2.05, 4.69) is 10.6 Å². The molecule has 1 unspecified atom stereocenters. The van der Waals surface area contributed by atoms with Crippen LogP contribution in [0.5, 0.6) is 0 Å². The van der Waals surface area contributed by atoms with Gasteiger partial charge in [0.05, 0.1) is 0 Å². The lowest BCUT2D eigenvalue weighted by atomic mass is 10.0. The number of amides is 1. The third kappa shape index (κ3) is 4.19. The van der Waals surface area contributed by atoms with Gasteiger partial charge in [0.1, 0.15) is 0 Å². The molecule has 0 saturated carbocycles. The maximum Gasteiger partial charge on any atom is 0.224 e. The average molecular weight is 232 g/mol. The van der Waals surface area contributed by atoms with Crippen LogP contribution in [0.2, 0.25) is 0 Å². The van der Waals surface area contributed by atoms with Crippen LogP contribution in [-0.4, -0.2) is 18.5 Å². The van der Waals surface area contributed by atoms with E-state index in [4.69, 9.17) is 0 Å². The van der Waals surface area contributed by atoms with Crippen LogP contribution in [-0.2, 0) is 4.79 Å². The second-order valence-corrected chi connectivity index (χ2v) is 4.60. The Morgan fingerprint density at radius 1 is 1.29 bits per heavy atom. The van der Waals surface area contributed by atoms with Crippen molar-refractivity contribution in [3.05, 3.63) is 30.3 Å². The Labute approximate surface area is 103 Å². The number of hydrogen-bond acceptors (Lipinski definition) is 2. The molecule has 92 valence electrons. The van der Waals surface area contributed by atoms with Gasteiger partial charge in [0.15, 0.2) is 0 Å². The molecule has 0 aliphatic carbocycles. The third-order valence-corrected chi connectivity index (χ3v) is 3.19. The predicted octanol–water partition coefficient (Wildman–Crippen LogP) is 2.55. The molecular weight excluding hydrogens is 212 g/mol. The summed E-state index contributed by atoms with van der Waals surface area (Å²) in [6.07, 6.45) is 5.31. The molecule has 1 heterocycles. The normalized spacial score (nSPS) is 19.9. The quantitative estimate of drug-likeness (QED) is 0.837. The van der Waals surface area contributed by atoms with E-state index >= 15 is 0 Å². The molecule has 3 nitrogen and oxygen atoms in total. The molecule has 1 saturated heterocycles. The molecule has 1 fully saturated rings. The zero-order chi connectivity index (χ0) is 11.9. The molecule has 3 heteroatoms. The number of benzene rings is 1. The molecule has 0 spiro atoms. The average Bonchev–Trinajstić information content (AvgIpc) is 2.39. The van der Waals surface area contributed by atoms with E-state index in [1.165, 1.54) is 19.3 Å². The Kier molecular flexibility index (Phi) is 4.56.